The average Bonchev–Trinajstić information content (AvgIpc) is 2.95. The Bertz CT molecular complexity index is 451. The largest absolute Gasteiger partial charge is 0.490 e. The second-order valence-electron chi connectivity index (χ2n) is 5.15. The fraction of sp³-hybridized carbons (Fsp3) is 0.600. The van der Waals surface area contributed by atoms with Crippen LogP contribution in [0.15, 0.2) is 18.2 Å². The topological polar surface area (TPSA) is 33.7 Å². The first-order valence-electron chi connectivity index (χ1n) is 7.21. The van der Waals surface area contributed by atoms with Gasteiger partial charge in [0.05, 0.1) is 6.61 Å². The second kappa shape index (κ2) is 7.56. The zero-order valence-electron chi connectivity index (χ0n) is 12.4. The Morgan fingerprint density at radius 3 is 2.81 bits per heavy atom. The molecule has 2 rings (SSSR count). The molecule has 1 N–H and O–H groups in total. The first-order chi connectivity index (χ1) is 10.1. The molecule has 0 amide bonds. The van der Waals surface area contributed by atoms with E-state index in [1.165, 1.54) is 0 Å². The molecule has 0 saturated carbocycles. The van der Waals surface area contributed by atoms with Gasteiger partial charge >= 0.3 is 6.61 Å². The first-order valence-corrected chi connectivity index (χ1v) is 7.21. The summed E-state index contributed by atoms with van der Waals surface area (Å²) >= 11 is 0. The molecule has 0 bridgehead atoms. The van der Waals surface area contributed by atoms with Gasteiger partial charge in [0.15, 0.2) is 11.5 Å². The van der Waals surface area contributed by atoms with Crippen LogP contribution >= 0.6 is 0 Å². The Morgan fingerprint density at radius 1 is 1.38 bits per heavy atom. The van der Waals surface area contributed by atoms with E-state index in [0.717, 1.165) is 31.6 Å². The fourth-order valence-electron chi connectivity index (χ4n) is 2.55. The molecule has 1 aromatic carbocycles. The fourth-order valence-corrected chi connectivity index (χ4v) is 2.55. The summed E-state index contributed by atoms with van der Waals surface area (Å²) < 4.78 is 34.6. The molecule has 0 spiro atoms. The average molecular weight is 300 g/mol. The predicted octanol–water partition coefficient (Wildman–Crippen LogP) is 2.48. The molecule has 6 heteroatoms. The van der Waals surface area contributed by atoms with Gasteiger partial charge in [-0.25, -0.2) is 0 Å². The van der Waals surface area contributed by atoms with Gasteiger partial charge in [0.1, 0.15) is 0 Å². The molecule has 1 fully saturated rings. The number of nitrogens with zero attached hydrogens (tertiary/aromatic N) is 1. The Morgan fingerprint density at radius 2 is 2.19 bits per heavy atom. The summed E-state index contributed by atoms with van der Waals surface area (Å²) in [6.07, 6.45) is 1.13. The molecule has 21 heavy (non-hydrogen) atoms. The minimum absolute atomic E-state index is 0.0841. The number of hydrogen-bond acceptors (Lipinski definition) is 4. The Balaban J connectivity index is 2.07. The molecule has 118 valence electrons. The van der Waals surface area contributed by atoms with Crippen LogP contribution in [0.25, 0.3) is 0 Å². The van der Waals surface area contributed by atoms with Gasteiger partial charge in [-0.2, -0.15) is 8.78 Å². The lowest BCUT2D eigenvalue weighted by Crippen LogP contribution is -2.32. The van der Waals surface area contributed by atoms with E-state index in [9.17, 15) is 8.78 Å². The Kier molecular flexibility index (Phi) is 5.76. The Hall–Kier alpha value is -1.40. The highest BCUT2D eigenvalue weighted by molar-refractivity contribution is 5.43. The van der Waals surface area contributed by atoms with Crippen LogP contribution in [0.4, 0.5) is 8.78 Å². The van der Waals surface area contributed by atoms with Crippen molar-refractivity contribution in [2.24, 2.45) is 0 Å². The van der Waals surface area contributed by atoms with Gasteiger partial charge in [-0.05, 0) is 44.6 Å². The van der Waals surface area contributed by atoms with Crippen molar-refractivity contribution in [3.05, 3.63) is 23.8 Å². The summed E-state index contributed by atoms with van der Waals surface area (Å²) in [6, 6.07) is 5.64. The van der Waals surface area contributed by atoms with Crippen molar-refractivity contribution in [2.45, 2.75) is 32.5 Å². The standard InChI is InChI=1S/C15H22F2N2O2/c1-3-20-14-8-11(4-5-13(14)21-15(16)17)10-19(2)12-6-7-18-9-12/h4-5,8,12,15,18H,3,6-7,9-10H2,1-2H3. The molecule has 0 radical (unpaired) electrons. The van der Waals surface area contributed by atoms with Crippen molar-refractivity contribution >= 4 is 0 Å². The van der Waals surface area contributed by atoms with Crippen molar-refractivity contribution in [1.29, 1.82) is 0 Å². The summed E-state index contributed by atoms with van der Waals surface area (Å²) in [6.45, 7) is 2.16. The maximum Gasteiger partial charge on any atom is 0.387 e. The van der Waals surface area contributed by atoms with E-state index in [1.54, 1.807) is 18.2 Å². The molecular weight excluding hydrogens is 278 g/mol. The van der Waals surface area contributed by atoms with Crippen LogP contribution in [-0.2, 0) is 6.54 Å². The zero-order valence-corrected chi connectivity index (χ0v) is 12.4. The smallest absolute Gasteiger partial charge is 0.387 e. The van der Waals surface area contributed by atoms with Crippen LogP contribution in [0.5, 0.6) is 11.5 Å². The van der Waals surface area contributed by atoms with E-state index in [-0.39, 0.29) is 5.75 Å². The van der Waals surface area contributed by atoms with Gasteiger partial charge < -0.3 is 14.8 Å². The third-order valence-electron chi connectivity index (χ3n) is 3.61. The van der Waals surface area contributed by atoms with Gasteiger partial charge in [0, 0.05) is 19.1 Å². The van der Waals surface area contributed by atoms with Crippen LogP contribution in [0.1, 0.15) is 18.9 Å². The lowest BCUT2D eigenvalue weighted by atomic mass is 10.1. The molecular formula is C15H22F2N2O2. The quantitative estimate of drug-likeness (QED) is 0.839. The van der Waals surface area contributed by atoms with E-state index < -0.39 is 6.61 Å². The maximum atomic E-state index is 12.4. The minimum Gasteiger partial charge on any atom is -0.490 e. The highest BCUT2D eigenvalue weighted by Crippen LogP contribution is 2.30. The molecule has 1 aromatic rings. The maximum absolute atomic E-state index is 12.4. The summed E-state index contributed by atoms with van der Waals surface area (Å²) in [5.41, 5.74) is 1.02. The summed E-state index contributed by atoms with van der Waals surface area (Å²) in [4.78, 5) is 2.26. The normalized spacial score (nSPS) is 18.5. The van der Waals surface area contributed by atoms with E-state index in [0.29, 0.717) is 18.4 Å². The van der Waals surface area contributed by atoms with Crippen molar-refractivity contribution in [3.8, 4) is 11.5 Å². The van der Waals surface area contributed by atoms with Crippen molar-refractivity contribution in [3.63, 3.8) is 0 Å². The van der Waals surface area contributed by atoms with E-state index in [1.807, 2.05) is 6.92 Å². The van der Waals surface area contributed by atoms with Gasteiger partial charge in [-0.1, -0.05) is 6.07 Å². The number of ether oxygens (including phenoxy) is 2. The molecule has 1 unspecified atom stereocenters. The number of halogens is 2. The molecule has 1 aliphatic rings. The lowest BCUT2D eigenvalue weighted by molar-refractivity contribution is -0.0514. The van der Waals surface area contributed by atoms with Gasteiger partial charge in [0.2, 0.25) is 0 Å². The SMILES string of the molecule is CCOc1cc(CN(C)C2CCNC2)ccc1OC(F)F. The van der Waals surface area contributed by atoms with E-state index in [2.05, 4.69) is 22.0 Å². The number of nitrogens with one attached hydrogen (secondary N) is 1. The molecule has 1 heterocycles. The van der Waals surface area contributed by atoms with Gasteiger partial charge in [-0.15, -0.1) is 0 Å². The molecule has 0 aliphatic carbocycles. The van der Waals surface area contributed by atoms with Crippen LogP contribution in [0, 0.1) is 0 Å². The molecule has 4 nitrogen and oxygen atoms in total. The molecule has 0 aromatic heterocycles. The molecule has 1 aliphatic heterocycles. The number of likely N-dealkylation sites (N-methyl/N-ethyl adjacent to an activating group) is 1. The van der Waals surface area contributed by atoms with Crippen LogP contribution in [0.3, 0.4) is 0 Å². The van der Waals surface area contributed by atoms with E-state index in [4.69, 9.17) is 4.74 Å². The third-order valence-corrected chi connectivity index (χ3v) is 3.61. The Labute approximate surface area is 124 Å². The van der Waals surface area contributed by atoms with Crippen LogP contribution < -0.4 is 14.8 Å². The number of benzene rings is 1. The molecule has 1 saturated heterocycles. The summed E-state index contributed by atoms with van der Waals surface area (Å²) in [5, 5.41) is 3.33. The third kappa shape index (κ3) is 4.54. The summed E-state index contributed by atoms with van der Waals surface area (Å²) in [5.74, 6) is 0.453. The monoisotopic (exact) mass is 300 g/mol. The second-order valence-corrected chi connectivity index (χ2v) is 5.15. The lowest BCUT2D eigenvalue weighted by Gasteiger charge is -2.24. The molecule has 1 atom stereocenters. The van der Waals surface area contributed by atoms with Gasteiger partial charge in [0.25, 0.3) is 0 Å². The van der Waals surface area contributed by atoms with Gasteiger partial charge in [-0.3, -0.25) is 4.90 Å². The zero-order chi connectivity index (χ0) is 15.2. The van der Waals surface area contributed by atoms with Crippen molar-refractivity contribution in [2.75, 3.05) is 26.7 Å². The highest BCUT2D eigenvalue weighted by Gasteiger charge is 2.19. The number of hydrogen-bond donors (Lipinski definition) is 1. The number of rotatable bonds is 7. The van der Waals surface area contributed by atoms with Crippen LogP contribution in [0.2, 0.25) is 0 Å². The predicted molar refractivity (Wildman–Crippen MR) is 77.0 cm³/mol. The minimum atomic E-state index is -2.85. The number of alkyl halides is 2. The van der Waals surface area contributed by atoms with Crippen molar-refractivity contribution < 1.29 is 18.3 Å². The van der Waals surface area contributed by atoms with Crippen LogP contribution in [-0.4, -0.2) is 44.3 Å². The van der Waals surface area contributed by atoms with Crippen molar-refractivity contribution in [1.82, 2.24) is 10.2 Å². The highest BCUT2D eigenvalue weighted by atomic mass is 19.3. The van der Waals surface area contributed by atoms with E-state index >= 15 is 0 Å². The summed E-state index contributed by atoms with van der Waals surface area (Å²) in [7, 11) is 2.07. The first kappa shape index (κ1) is 16.0.